The molecule has 2 aliphatic heterocycles. The zero-order chi connectivity index (χ0) is 17.9. The first kappa shape index (κ1) is 15.4. The number of nitrogens with zero attached hydrogens (tertiary/aromatic N) is 2. The van der Waals surface area contributed by atoms with E-state index in [1.54, 1.807) is 7.05 Å². The fraction of sp³-hybridized carbons (Fsp3) is 0.235. The summed E-state index contributed by atoms with van der Waals surface area (Å²) in [6, 6.07) is 5.58. The zero-order valence-electron chi connectivity index (χ0n) is 13.5. The van der Waals surface area contributed by atoms with Gasteiger partial charge in [0.2, 0.25) is 0 Å². The Kier molecular flexibility index (Phi) is 3.18. The second kappa shape index (κ2) is 5.17. The lowest BCUT2D eigenvalue weighted by Crippen LogP contribution is -2.43. The summed E-state index contributed by atoms with van der Waals surface area (Å²) in [5.74, 6) is -1.36. The van der Waals surface area contributed by atoms with Gasteiger partial charge in [-0.3, -0.25) is 13.9 Å². The molecule has 128 valence electrons. The van der Waals surface area contributed by atoms with Crippen molar-refractivity contribution in [2.24, 2.45) is 14.1 Å². The van der Waals surface area contributed by atoms with Crippen LogP contribution in [0.4, 0.5) is 10.2 Å². The van der Waals surface area contributed by atoms with Crippen molar-refractivity contribution >= 4 is 11.8 Å². The minimum Gasteiger partial charge on any atom is -0.456 e. The molecule has 7 nitrogen and oxygen atoms in total. The van der Waals surface area contributed by atoms with Gasteiger partial charge in [-0.2, -0.15) is 0 Å². The standard InChI is InChI=1S/C17H14FN3O4/c1-20-14-13(15(22)21(2)17(20)24)11(8-3-5-9(18)6-4-8)12-10(19-14)7-25-16(12)23/h3-6,11,19H,7H2,1-2H3/t11-/m1/s1. The van der Waals surface area contributed by atoms with Crippen LogP contribution in [0.3, 0.4) is 0 Å². The molecule has 3 heterocycles. The minimum atomic E-state index is -0.729. The predicted octanol–water partition coefficient (Wildman–Crippen LogP) is 0.591. The first-order chi connectivity index (χ1) is 11.9. The molecule has 0 aliphatic carbocycles. The maximum absolute atomic E-state index is 13.3. The highest BCUT2D eigenvalue weighted by atomic mass is 19.1. The molecule has 1 N–H and O–H groups in total. The van der Waals surface area contributed by atoms with E-state index in [0.717, 1.165) is 4.57 Å². The summed E-state index contributed by atoms with van der Waals surface area (Å²) in [5.41, 5.74) is 0.666. The van der Waals surface area contributed by atoms with Crippen molar-refractivity contribution in [3.8, 4) is 0 Å². The fourth-order valence-corrected chi connectivity index (χ4v) is 3.37. The Hall–Kier alpha value is -3.16. The second-order valence-corrected chi connectivity index (χ2v) is 6.05. The summed E-state index contributed by atoms with van der Waals surface area (Å²) in [6.07, 6.45) is 0. The van der Waals surface area contributed by atoms with Crippen LogP contribution in [0, 0.1) is 5.82 Å². The Balaban J connectivity index is 2.08. The first-order valence-corrected chi connectivity index (χ1v) is 7.62. The third-order valence-corrected chi connectivity index (χ3v) is 4.64. The van der Waals surface area contributed by atoms with Crippen LogP contribution in [0.25, 0.3) is 0 Å². The number of hydrogen-bond acceptors (Lipinski definition) is 5. The molecular formula is C17H14FN3O4. The van der Waals surface area contributed by atoms with Crippen LogP contribution in [0.5, 0.6) is 0 Å². The Morgan fingerprint density at radius 1 is 1.12 bits per heavy atom. The summed E-state index contributed by atoms with van der Waals surface area (Å²) in [7, 11) is 2.92. The quantitative estimate of drug-likeness (QED) is 0.767. The van der Waals surface area contributed by atoms with Gasteiger partial charge in [0.1, 0.15) is 18.2 Å². The van der Waals surface area contributed by atoms with Gasteiger partial charge in [0.25, 0.3) is 5.56 Å². The Morgan fingerprint density at radius 2 is 1.80 bits per heavy atom. The molecule has 1 atom stereocenters. The first-order valence-electron chi connectivity index (χ1n) is 7.62. The van der Waals surface area contributed by atoms with E-state index in [1.807, 2.05) is 0 Å². The van der Waals surface area contributed by atoms with Gasteiger partial charge in [-0.15, -0.1) is 0 Å². The summed E-state index contributed by atoms with van der Waals surface area (Å²) in [6.45, 7) is 0.0364. The Bertz CT molecular complexity index is 1060. The molecule has 8 heteroatoms. The average molecular weight is 343 g/mol. The lowest BCUT2D eigenvalue weighted by atomic mass is 9.83. The van der Waals surface area contributed by atoms with Crippen molar-refractivity contribution in [3.63, 3.8) is 0 Å². The van der Waals surface area contributed by atoms with Crippen LogP contribution in [-0.2, 0) is 23.6 Å². The van der Waals surface area contributed by atoms with E-state index in [1.165, 1.54) is 35.9 Å². The highest BCUT2D eigenvalue weighted by Gasteiger charge is 2.41. The highest BCUT2D eigenvalue weighted by molar-refractivity contribution is 5.96. The number of rotatable bonds is 1. The average Bonchev–Trinajstić information content (AvgIpc) is 2.98. The summed E-state index contributed by atoms with van der Waals surface area (Å²) >= 11 is 0. The zero-order valence-corrected chi connectivity index (χ0v) is 13.5. The largest absolute Gasteiger partial charge is 0.456 e. The predicted molar refractivity (Wildman–Crippen MR) is 86.8 cm³/mol. The number of carbonyl (C=O) groups excluding carboxylic acids is 1. The van der Waals surface area contributed by atoms with Gasteiger partial charge in [0, 0.05) is 14.1 Å². The number of halogens is 1. The van der Waals surface area contributed by atoms with Gasteiger partial charge in [-0.25, -0.2) is 14.0 Å². The lowest BCUT2D eigenvalue weighted by Gasteiger charge is -2.28. The molecule has 25 heavy (non-hydrogen) atoms. The van der Waals surface area contributed by atoms with Crippen molar-refractivity contribution in [2.75, 3.05) is 11.9 Å². The molecule has 1 aromatic carbocycles. The number of carbonyl (C=O) groups is 1. The molecule has 4 rings (SSSR count). The molecule has 0 fully saturated rings. The van der Waals surface area contributed by atoms with Crippen LogP contribution in [0.15, 0.2) is 45.1 Å². The molecule has 2 aromatic rings. The number of anilines is 1. The third-order valence-electron chi connectivity index (χ3n) is 4.64. The lowest BCUT2D eigenvalue weighted by molar-refractivity contribution is -0.136. The number of cyclic esters (lactones) is 1. The van der Waals surface area contributed by atoms with Gasteiger partial charge in [-0.05, 0) is 17.7 Å². The maximum atomic E-state index is 13.3. The number of benzene rings is 1. The molecule has 0 saturated heterocycles. The van der Waals surface area contributed by atoms with Crippen molar-refractivity contribution in [1.82, 2.24) is 9.13 Å². The molecular weight excluding hydrogens is 329 g/mol. The Morgan fingerprint density at radius 3 is 2.48 bits per heavy atom. The SMILES string of the molecule is Cn1c2c(c(=O)n(C)c1=O)[C@H](c1ccc(F)cc1)C1=C(COC1=O)N2. The number of esters is 1. The summed E-state index contributed by atoms with van der Waals surface area (Å²) in [5, 5.41) is 2.99. The van der Waals surface area contributed by atoms with Crippen molar-refractivity contribution in [3.05, 3.63) is 73.3 Å². The van der Waals surface area contributed by atoms with E-state index < -0.39 is 29.0 Å². The number of fused-ring (bicyclic) bond motifs is 1. The van der Waals surface area contributed by atoms with Gasteiger partial charge >= 0.3 is 11.7 Å². The molecule has 0 amide bonds. The normalized spacial score (nSPS) is 18.5. The van der Waals surface area contributed by atoms with E-state index in [2.05, 4.69) is 5.32 Å². The van der Waals surface area contributed by atoms with Crippen LogP contribution < -0.4 is 16.6 Å². The number of aromatic nitrogens is 2. The molecule has 0 saturated carbocycles. The van der Waals surface area contributed by atoms with E-state index in [0.29, 0.717) is 22.7 Å². The molecule has 0 unspecified atom stereocenters. The van der Waals surface area contributed by atoms with E-state index in [-0.39, 0.29) is 12.2 Å². The van der Waals surface area contributed by atoms with Gasteiger partial charge < -0.3 is 10.1 Å². The molecule has 0 bridgehead atoms. The summed E-state index contributed by atoms with van der Waals surface area (Å²) < 4.78 is 20.7. The van der Waals surface area contributed by atoms with Crippen LogP contribution in [-0.4, -0.2) is 21.7 Å². The highest BCUT2D eigenvalue weighted by Crippen LogP contribution is 2.42. The third kappa shape index (κ3) is 2.07. The monoisotopic (exact) mass is 343 g/mol. The Labute approximate surface area is 141 Å². The van der Waals surface area contributed by atoms with E-state index >= 15 is 0 Å². The number of hydrogen-bond donors (Lipinski definition) is 1. The minimum absolute atomic E-state index is 0.0364. The summed E-state index contributed by atoms with van der Waals surface area (Å²) in [4.78, 5) is 37.3. The molecule has 0 radical (unpaired) electrons. The molecule has 1 aromatic heterocycles. The van der Waals surface area contributed by atoms with Gasteiger partial charge in [-0.1, -0.05) is 12.1 Å². The fourth-order valence-electron chi connectivity index (χ4n) is 3.37. The van der Waals surface area contributed by atoms with Crippen LogP contribution in [0.2, 0.25) is 0 Å². The van der Waals surface area contributed by atoms with E-state index in [9.17, 15) is 18.8 Å². The molecule has 2 aliphatic rings. The van der Waals surface area contributed by atoms with Crippen molar-refractivity contribution < 1.29 is 13.9 Å². The van der Waals surface area contributed by atoms with Gasteiger partial charge in [0.15, 0.2) is 0 Å². The maximum Gasteiger partial charge on any atom is 0.337 e. The molecule has 0 spiro atoms. The van der Waals surface area contributed by atoms with Crippen molar-refractivity contribution in [1.29, 1.82) is 0 Å². The second-order valence-electron chi connectivity index (χ2n) is 6.05. The van der Waals surface area contributed by atoms with Crippen LogP contribution >= 0.6 is 0 Å². The van der Waals surface area contributed by atoms with Gasteiger partial charge in [0.05, 0.1) is 22.8 Å². The number of ether oxygens (including phenoxy) is 1. The van der Waals surface area contributed by atoms with Crippen LogP contribution in [0.1, 0.15) is 17.0 Å². The smallest absolute Gasteiger partial charge is 0.337 e. The van der Waals surface area contributed by atoms with E-state index in [4.69, 9.17) is 4.74 Å². The topological polar surface area (TPSA) is 82.3 Å². The van der Waals surface area contributed by atoms with Crippen molar-refractivity contribution in [2.45, 2.75) is 5.92 Å². The number of nitrogens with one attached hydrogen (secondary N) is 1.